The van der Waals surface area contributed by atoms with E-state index in [0.29, 0.717) is 12.5 Å². The van der Waals surface area contributed by atoms with Gasteiger partial charge in [0.15, 0.2) is 0 Å². The topological polar surface area (TPSA) is 75.9 Å². The highest BCUT2D eigenvalue weighted by atomic mass is 16.5. The predicted octanol–water partition coefficient (Wildman–Crippen LogP) is 3.33. The van der Waals surface area contributed by atoms with Crippen LogP contribution in [0.3, 0.4) is 0 Å². The molecule has 0 atom stereocenters. The number of aromatic nitrogens is 3. The number of anilines is 2. The molecule has 2 aromatic rings. The fraction of sp³-hybridized carbons (Fsp3) is 0.533. The molecule has 6 heteroatoms. The van der Waals surface area contributed by atoms with E-state index in [2.05, 4.69) is 46.5 Å². The second-order valence-electron chi connectivity index (χ2n) is 5.35. The van der Waals surface area contributed by atoms with Gasteiger partial charge in [-0.15, -0.1) is 0 Å². The standard InChI is InChI=1S/C15H23N5O/c1-5-6-16-14-13(10(2)3)15(19-9-18-14)17-8-12-7-11(4)21-20-12/h7,9-10H,5-6,8H2,1-4H3,(H2,16,17,18,19). The van der Waals surface area contributed by atoms with Gasteiger partial charge in [-0.1, -0.05) is 25.9 Å². The molecule has 0 fully saturated rings. The van der Waals surface area contributed by atoms with Crippen LogP contribution in [-0.2, 0) is 6.54 Å². The average molecular weight is 289 g/mol. The Morgan fingerprint density at radius 2 is 1.90 bits per heavy atom. The number of aryl methyl sites for hydroxylation is 1. The lowest BCUT2D eigenvalue weighted by Crippen LogP contribution is -2.12. The maximum absolute atomic E-state index is 5.07. The van der Waals surface area contributed by atoms with E-state index in [1.165, 1.54) is 0 Å². The second-order valence-corrected chi connectivity index (χ2v) is 5.35. The number of nitrogens with one attached hydrogen (secondary N) is 2. The van der Waals surface area contributed by atoms with Crippen molar-refractivity contribution in [1.29, 1.82) is 0 Å². The SMILES string of the molecule is CCCNc1ncnc(NCc2cc(C)on2)c1C(C)C. The first kappa shape index (κ1) is 15.3. The average Bonchev–Trinajstić information content (AvgIpc) is 2.88. The zero-order valence-corrected chi connectivity index (χ0v) is 13.1. The third-order valence-electron chi connectivity index (χ3n) is 3.12. The molecule has 2 rings (SSSR count). The van der Waals surface area contributed by atoms with Gasteiger partial charge >= 0.3 is 0 Å². The lowest BCUT2D eigenvalue weighted by atomic mass is 10.0. The third-order valence-corrected chi connectivity index (χ3v) is 3.12. The van der Waals surface area contributed by atoms with Gasteiger partial charge in [0.1, 0.15) is 29.4 Å². The van der Waals surface area contributed by atoms with Crippen LogP contribution in [0.5, 0.6) is 0 Å². The molecular weight excluding hydrogens is 266 g/mol. The first-order valence-corrected chi connectivity index (χ1v) is 7.36. The summed E-state index contributed by atoms with van der Waals surface area (Å²) in [5.41, 5.74) is 1.97. The zero-order chi connectivity index (χ0) is 15.2. The maximum Gasteiger partial charge on any atom is 0.135 e. The van der Waals surface area contributed by atoms with Gasteiger partial charge in [0.05, 0.1) is 6.54 Å². The van der Waals surface area contributed by atoms with Crippen molar-refractivity contribution in [2.24, 2.45) is 0 Å². The van der Waals surface area contributed by atoms with E-state index in [4.69, 9.17) is 4.52 Å². The molecular formula is C15H23N5O. The van der Waals surface area contributed by atoms with Crippen LogP contribution in [-0.4, -0.2) is 21.7 Å². The summed E-state index contributed by atoms with van der Waals surface area (Å²) in [4.78, 5) is 8.73. The van der Waals surface area contributed by atoms with Crippen molar-refractivity contribution in [3.63, 3.8) is 0 Å². The van der Waals surface area contributed by atoms with Crippen molar-refractivity contribution in [3.05, 3.63) is 29.4 Å². The van der Waals surface area contributed by atoms with Crippen LogP contribution in [0.1, 0.15) is 50.1 Å². The van der Waals surface area contributed by atoms with Crippen molar-refractivity contribution in [3.8, 4) is 0 Å². The Balaban J connectivity index is 2.17. The summed E-state index contributed by atoms with van der Waals surface area (Å²) in [6, 6.07) is 1.92. The summed E-state index contributed by atoms with van der Waals surface area (Å²) in [5, 5.41) is 10.7. The fourth-order valence-electron chi connectivity index (χ4n) is 2.14. The summed E-state index contributed by atoms with van der Waals surface area (Å²) < 4.78 is 5.07. The summed E-state index contributed by atoms with van der Waals surface area (Å²) in [6.07, 6.45) is 2.64. The summed E-state index contributed by atoms with van der Waals surface area (Å²) in [5.74, 6) is 2.89. The van der Waals surface area contributed by atoms with Gasteiger partial charge in [0.2, 0.25) is 0 Å². The van der Waals surface area contributed by atoms with E-state index in [0.717, 1.165) is 41.6 Å². The normalized spacial score (nSPS) is 10.9. The Kier molecular flexibility index (Phi) is 5.14. The van der Waals surface area contributed by atoms with Gasteiger partial charge in [-0.3, -0.25) is 0 Å². The molecule has 0 bridgehead atoms. The zero-order valence-electron chi connectivity index (χ0n) is 13.1. The highest BCUT2D eigenvalue weighted by Gasteiger charge is 2.15. The van der Waals surface area contributed by atoms with Crippen LogP contribution < -0.4 is 10.6 Å². The van der Waals surface area contributed by atoms with Gasteiger partial charge in [-0.05, 0) is 19.3 Å². The minimum atomic E-state index is 0.326. The smallest absolute Gasteiger partial charge is 0.135 e. The minimum absolute atomic E-state index is 0.326. The first-order chi connectivity index (χ1) is 10.1. The van der Waals surface area contributed by atoms with E-state index in [1.807, 2.05) is 13.0 Å². The largest absolute Gasteiger partial charge is 0.370 e. The van der Waals surface area contributed by atoms with Crippen molar-refractivity contribution in [1.82, 2.24) is 15.1 Å². The van der Waals surface area contributed by atoms with Crippen LogP contribution in [0.4, 0.5) is 11.6 Å². The molecule has 0 radical (unpaired) electrons. The molecule has 0 aromatic carbocycles. The van der Waals surface area contributed by atoms with Gasteiger partial charge in [0, 0.05) is 18.2 Å². The molecule has 0 saturated carbocycles. The number of rotatable bonds is 7. The van der Waals surface area contributed by atoms with E-state index < -0.39 is 0 Å². The Morgan fingerprint density at radius 3 is 2.48 bits per heavy atom. The van der Waals surface area contributed by atoms with Gasteiger partial charge < -0.3 is 15.2 Å². The van der Waals surface area contributed by atoms with Crippen LogP contribution >= 0.6 is 0 Å². The monoisotopic (exact) mass is 289 g/mol. The van der Waals surface area contributed by atoms with E-state index >= 15 is 0 Å². The number of nitrogens with zero attached hydrogens (tertiary/aromatic N) is 3. The predicted molar refractivity (Wildman–Crippen MR) is 83.5 cm³/mol. The summed E-state index contributed by atoms with van der Waals surface area (Å²) >= 11 is 0. The molecule has 0 saturated heterocycles. The molecule has 0 amide bonds. The molecule has 0 spiro atoms. The lowest BCUT2D eigenvalue weighted by Gasteiger charge is -2.17. The number of hydrogen-bond acceptors (Lipinski definition) is 6. The van der Waals surface area contributed by atoms with E-state index in [9.17, 15) is 0 Å². The van der Waals surface area contributed by atoms with Crippen molar-refractivity contribution < 1.29 is 4.52 Å². The maximum atomic E-state index is 5.07. The minimum Gasteiger partial charge on any atom is -0.370 e. The Morgan fingerprint density at radius 1 is 1.19 bits per heavy atom. The molecule has 0 aliphatic heterocycles. The number of hydrogen-bond donors (Lipinski definition) is 2. The van der Waals surface area contributed by atoms with E-state index in [-0.39, 0.29) is 0 Å². The molecule has 114 valence electrons. The Labute approximate surface area is 125 Å². The van der Waals surface area contributed by atoms with Crippen LogP contribution in [0, 0.1) is 6.92 Å². The molecule has 21 heavy (non-hydrogen) atoms. The van der Waals surface area contributed by atoms with Crippen LogP contribution in [0.2, 0.25) is 0 Å². The molecule has 2 aromatic heterocycles. The van der Waals surface area contributed by atoms with Crippen LogP contribution in [0.25, 0.3) is 0 Å². The molecule has 0 unspecified atom stereocenters. The molecule has 6 nitrogen and oxygen atoms in total. The quantitative estimate of drug-likeness (QED) is 0.814. The van der Waals surface area contributed by atoms with Crippen molar-refractivity contribution >= 4 is 11.6 Å². The highest BCUT2D eigenvalue weighted by molar-refractivity contribution is 5.59. The van der Waals surface area contributed by atoms with Gasteiger partial charge in [0.25, 0.3) is 0 Å². The lowest BCUT2D eigenvalue weighted by molar-refractivity contribution is 0.391. The van der Waals surface area contributed by atoms with Crippen molar-refractivity contribution in [2.45, 2.75) is 46.6 Å². The molecule has 0 aliphatic rings. The summed E-state index contributed by atoms with van der Waals surface area (Å²) in [7, 11) is 0. The van der Waals surface area contributed by atoms with Crippen molar-refractivity contribution in [2.75, 3.05) is 17.2 Å². The first-order valence-electron chi connectivity index (χ1n) is 7.36. The van der Waals surface area contributed by atoms with E-state index in [1.54, 1.807) is 6.33 Å². The van der Waals surface area contributed by atoms with Gasteiger partial charge in [-0.25, -0.2) is 9.97 Å². The fourth-order valence-corrected chi connectivity index (χ4v) is 2.14. The molecule has 2 N–H and O–H groups in total. The second kappa shape index (κ2) is 7.06. The Bertz CT molecular complexity index is 579. The third kappa shape index (κ3) is 3.93. The molecule has 2 heterocycles. The van der Waals surface area contributed by atoms with Gasteiger partial charge in [-0.2, -0.15) is 0 Å². The highest BCUT2D eigenvalue weighted by Crippen LogP contribution is 2.28. The molecule has 0 aliphatic carbocycles. The Hall–Kier alpha value is -2.11. The summed E-state index contributed by atoms with van der Waals surface area (Å²) in [6.45, 7) is 9.78. The van der Waals surface area contributed by atoms with Crippen LogP contribution in [0.15, 0.2) is 16.9 Å².